The van der Waals surface area contributed by atoms with E-state index in [1.165, 1.54) is 29.5 Å². The maximum absolute atomic E-state index is 12.4. The van der Waals surface area contributed by atoms with Crippen molar-refractivity contribution in [2.75, 3.05) is 0 Å². The Morgan fingerprint density at radius 1 is 1.24 bits per heavy atom. The molecule has 1 aromatic carbocycles. The van der Waals surface area contributed by atoms with Gasteiger partial charge >= 0.3 is 0 Å². The van der Waals surface area contributed by atoms with Crippen LogP contribution in [0.15, 0.2) is 36.7 Å². The van der Waals surface area contributed by atoms with Crippen LogP contribution in [-0.2, 0) is 24.3 Å². The summed E-state index contributed by atoms with van der Waals surface area (Å²) in [5, 5.41) is 0. The fraction of sp³-hybridized carbons (Fsp3) is 0.444. The number of hydrogen-bond donors (Lipinski definition) is 0. The van der Waals surface area contributed by atoms with Gasteiger partial charge in [-0.05, 0) is 49.3 Å². The first-order valence-electron chi connectivity index (χ1n) is 7.75. The van der Waals surface area contributed by atoms with Crippen molar-refractivity contribution in [3.63, 3.8) is 0 Å². The lowest BCUT2D eigenvalue weighted by molar-refractivity contribution is -0.764. The third kappa shape index (κ3) is 3.41. The number of rotatable bonds is 6. The Hall–Kier alpha value is -1.90. The summed E-state index contributed by atoms with van der Waals surface area (Å²) < 4.78 is 4.23. The van der Waals surface area contributed by atoms with E-state index in [-0.39, 0.29) is 5.78 Å². The van der Waals surface area contributed by atoms with Crippen molar-refractivity contribution in [2.24, 2.45) is 5.92 Å². The van der Waals surface area contributed by atoms with E-state index in [0.717, 1.165) is 12.5 Å². The summed E-state index contributed by atoms with van der Waals surface area (Å²) in [6.07, 6.45) is 7.26. The molecule has 0 spiro atoms. The van der Waals surface area contributed by atoms with Gasteiger partial charge in [-0.1, -0.05) is 18.2 Å². The van der Waals surface area contributed by atoms with Gasteiger partial charge in [0.25, 0.3) is 0 Å². The lowest BCUT2D eigenvalue weighted by Crippen LogP contribution is -2.46. The first kappa shape index (κ1) is 14.1. The van der Waals surface area contributed by atoms with Gasteiger partial charge in [-0.3, -0.25) is 4.79 Å². The Balaban J connectivity index is 1.67. The minimum Gasteiger partial charge on any atom is -0.292 e. The number of ketones is 1. The molecule has 0 saturated heterocycles. The molecule has 3 rings (SSSR count). The third-order valence-corrected chi connectivity index (χ3v) is 4.35. The summed E-state index contributed by atoms with van der Waals surface area (Å²) >= 11 is 0. The van der Waals surface area contributed by atoms with Crippen LogP contribution in [-0.4, -0.2) is 10.5 Å². The van der Waals surface area contributed by atoms with E-state index >= 15 is 0 Å². The van der Waals surface area contributed by atoms with E-state index in [4.69, 9.17) is 0 Å². The standard InChI is InChI=1S/C18H23N2O/c1-14-5-3-6-15(2)18(14)11-17(21)13-20-10-4-9-19(20)12-16-7-8-16/h3-6,9-10,16H,7-8,11-13H2,1-2H3/q+1. The van der Waals surface area contributed by atoms with Gasteiger partial charge in [-0.2, -0.15) is 4.68 Å². The maximum atomic E-state index is 12.4. The third-order valence-electron chi connectivity index (χ3n) is 4.35. The highest BCUT2D eigenvalue weighted by Crippen LogP contribution is 2.29. The quantitative estimate of drug-likeness (QED) is 0.748. The van der Waals surface area contributed by atoms with Gasteiger partial charge in [0.15, 0.2) is 6.20 Å². The van der Waals surface area contributed by atoms with Gasteiger partial charge in [0.1, 0.15) is 0 Å². The molecule has 0 unspecified atom stereocenters. The molecule has 0 amide bonds. The fourth-order valence-electron chi connectivity index (χ4n) is 2.84. The van der Waals surface area contributed by atoms with Crippen molar-refractivity contribution in [3.05, 3.63) is 53.3 Å². The Morgan fingerprint density at radius 3 is 2.62 bits per heavy atom. The first-order chi connectivity index (χ1) is 10.1. The Morgan fingerprint density at radius 2 is 1.95 bits per heavy atom. The van der Waals surface area contributed by atoms with Crippen LogP contribution in [0.4, 0.5) is 0 Å². The van der Waals surface area contributed by atoms with Crippen LogP contribution in [0.25, 0.3) is 0 Å². The van der Waals surface area contributed by atoms with Gasteiger partial charge in [-0.15, -0.1) is 4.68 Å². The van der Waals surface area contributed by atoms with Crippen LogP contribution in [0, 0.1) is 19.8 Å². The molecule has 2 aromatic rings. The molecule has 0 atom stereocenters. The Bertz CT molecular complexity index is 633. The maximum Gasteiger partial charge on any atom is 0.230 e. The molecule has 3 nitrogen and oxygen atoms in total. The summed E-state index contributed by atoms with van der Waals surface area (Å²) in [4.78, 5) is 12.4. The number of nitrogens with zero attached hydrogens (tertiary/aromatic N) is 2. The van der Waals surface area contributed by atoms with Gasteiger partial charge in [-0.25, -0.2) is 0 Å². The second-order valence-electron chi connectivity index (χ2n) is 6.24. The molecule has 110 valence electrons. The normalized spacial score (nSPS) is 14.4. The summed E-state index contributed by atoms with van der Waals surface area (Å²) in [6.45, 7) is 5.67. The smallest absolute Gasteiger partial charge is 0.230 e. The van der Waals surface area contributed by atoms with Crippen molar-refractivity contribution in [1.82, 2.24) is 4.68 Å². The molecule has 0 aliphatic heterocycles. The molecule has 0 N–H and O–H groups in total. The van der Waals surface area contributed by atoms with Gasteiger partial charge in [0.2, 0.25) is 12.3 Å². The molecule has 1 aliphatic carbocycles. The Labute approximate surface area is 126 Å². The Kier molecular flexibility index (Phi) is 3.91. The minimum absolute atomic E-state index is 0.271. The molecule has 1 aromatic heterocycles. The molecule has 1 saturated carbocycles. The van der Waals surface area contributed by atoms with Gasteiger partial charge < -0.3 is 0 Å². The first-order valence-corrected chi connectivity index (χ1v) is 7.75. The topological polar surface area (TPSA) is 25.9 Å². The van der Waals surface area contributed by atoms with Crippen molar-refractivity contribution in [1.29, 1.82) is 0 Å². The van der Waals surface area contributed by atoms with Crippen LogP contribution in [0.5, 0.6) is 0 Å². The lowest BCUT2D eigenvalue weighted by atomic mass is 9.98. The molecule has 21 heavy (non-hydrogen) atoms. The molecule has 1 aliphatic rings. The lowest BCUT2D eigenvalue weighted by Gasteiger charge is -2.08. The van der Waals surface area contributed by atoms with Crippen molar-refractivity contribution in [2.45, 2.75) is 46.2 Å². The van der Waals surface area contributed by atoms with Crippen LogP contribution in [0.3, 0.4) is 0 Å². The molecule has 1 fully saturated rings. The molecule has 0 bridgehead atoms. The number of aromatic nitrogens is 2. The van der Waals surface area contributed by atoms with E-state index in [0.29, 0.717) is 13.0 Å². The minimum atomic E-state index is 0.271. The van der Waals surface area contributed by atoms with Gasteiger partial charge in [0, 0.05) is 12.5 Å². The second kappa shape index (κ2) is 5.84. The second-order valence-corrected chi connectivity index (χ2v) is 6.24. The zero-order chi connectivity index (χ0) is 14.8. The van der Waals surface area contributed by atoms with Crippen LogP contribution in [0.2, 0.25) is 0 Å². The predicted molar refractivity (Wildman–Crippen MR) is 82.0 cm³/mol. The highest BCUT2D eigenvalue weighted by molar-refractivity contribution is 5.80. The SMILES string of the molecule is Cc1cccc(C)c1CC(=O)C[n+]1cccn1CC1CC1. The van der Waals surface area contributed by atoms with E-state index in [1.54, 1.807) is 0 Å². The zero-order valence-electron chi connectivity index (χ0n) is 12.9. The highest BCUT2D eigenvalue weighted by atomic mass is 16.1. The average molecular weight is 283 g/mol. The number of hydrogen-bond acceptors (Lipinski definition) is 1. The highest BCUT2D eigenvalue weighted by Gasteiger charge is 2.25. The predicted octanol–water partition coefficient (Wildman–Crippen LogP) is 2.61. The van der Waals surface area contributed by atoms with E-state index < -0.39 is 0 Å². The summed E-state index contributed by atoms with van der Waals surface area (Å²) in [6, 6.07) is 8.24. The zero-order valence-corrected chi connectivity index (χ0v) is 12.9. The molecule has 1 heterocycles. The van der Waals surface area contributed by atoms with E-state index in [2.05, 4.69) is 36.9 Å². The summed E-state index contributed by atoms with van der Waals surface area (Å²) in [5.41, 5.74) is 3.60. The van der Waals surface area contributed by atoms with Crippen molar-refractivity contribution < 1.29 is 9.48 Å². The van der Waals surface area contributed by atoms with E-state index in [9.17, 15) is 4.79 Å². The monoisotopic (exact) mass is 283 g/mol. The number of Topliss-reactive ketones (excluding diaryl/α,β-unsaturated/α-hetero) is 1. The van der Waals surface area contributed by atoms with E-state index in [1.807, 2.05) is 23.0 Å². The number of aryl methyl sites for hydroxylation is 2. The molecule has 3 heteroatoms. The fourth-order valence-corrected chi connectivity index (χ4v) is 2.84. The number of carbonyl (C=O) groups excluding carboxylic acids is 1. The summed E-state index contributed by atoms with van der Waals surface area (Å²) in [5.74, 6) is 1.09. The summed E-state index contributed by atoms with van der Waals surface area (Å²) in [7, 11) is 0. The molecule has 0 radical (unpaired) electrons. The van der Waals surface area contributed by atoms with Crippen molar-refractivity contribution in [3.8, 4) is 0 Å². The largest absolute Gasteiger partial charge is 0.292 e. The molecular formula is C18H23N2O+. The van der Waals surface area contributed by atoms with Gasteiger partial charge in [0.05, 0.1) is 12.7 Å². The average Bonchev–Trinajstić information content (AvgIpc) is 3.15. The number of benzene rings is 1. The van der Waals surface area contributed by atoms with Crippen LogP contribution in [0.1, 0.15) is 29.5 Å². The molecular weight excluding hydrogens is 260 g/mol. The van der Waals surface area contributed by atoms with Crippen LogP contribution < -0.4 is 4.68 Å². The van der Waals surface area contributed by atoms with Crippen molar-refractivity contribution >= 4 is 5.78 Å². The van der Waals surface area contributed by atoms with Crippen LogP contribution >= 0.6 is 0 Å². The number of carbonyl (C=O) groups is 1.